The molecule has 2 aliphatic rings. The van der Waals surface area contributed by atoms with Crippen LogP contribution in [-0.2, 0) is 14.8 Å². The Balaban J connectivity index is 1.76. The van der Waals surface area contributed by atoms with Gasteiger partial charge in [-0.1, -0.05) is 0 Å². The number of nitrogens with one attached hydrogen (secondary N) is 1. The van der Waals surface area contributed by atoms with Crippen LogP contribution in [0.15, 0.2) is 0 Å². The van der Waals surface area contributed by atoms with E-state index in [9.17, 15) is 8.42 Å². The Bertz CT molecular complexity index is 379. The SMILES string of the molecule is CC(NCC1CCCN(S(C)(=O)=O)C1)C1CCOC1. The predicted octanol–water partition coefficient (Wildman–Crippen LogP) is 0.673. The maximum absolute atomic E-state index is 11.6. The molecular formula is C13H26N2O3S. The van der Waals surface area contributed by atoms with E-state index in [1.54, 1.807) is 4.31 Å². The summed E-state index contributed by atoms with van der Waals surface area (Å²) in [5.74, 6) is 1.04. The summed E-state index contributed by atoms with van der Waals surface area (Å²) in [5.41, 5.74) is 0. The van der Waals surface area contributed by atoms with Gasteiger partial charge in [-0.05, 0) is 44.6 Å². The van der Waals surface area contributed by atoms with Crippen LogP contribution in [0.25, 0.3) is 0 Å². The van der Waals surface area contributed by atoms with Crippen molar-refractivity contribution < 1.29 is 13.2 Å². The smallest absolute Gasteiger partial charge is 0.211 e. The van der Waals surface area contributed by atoms with Crippen LogP contribution >= 0.6 is 0 Å². The van der Waals surface area contributed by atoms with Gasteiger partial charge >= 0.3 is 0 Å². The minimum absolute atomic E-state index is 0.438. The number of hydrogen-bond donors (Lipinski definition) is 1. The first kappa shape index (κ1) is 15.2. The molecule has 3 atom stereocenters. The number of sulfonamides is 1. The monoisotopic (exact) mass is 290 g/mol. The Morgan fingerprint density at radius 2 is 2.21 bits per heavy atom. The second kappa shape index (κ2) is 6.52. The third-order valence-corrected chi connectivity index (χ3v) is 5.62. The van der Waals surface area contributed by atoms with Crippen molar-refractivity contribution in [2.75, 3.05) is 39.1 Å². The first-order valence-electron chi connectivity index (χ1n) is 7.23. The molecule has 6 heteroatoms. The molecule has 19 heavy (non-hydrogen) atoms. The van der Waals surface area contributed by atoms with Gasteiger partial charge in [0.05, 0.1) is 12.9 Å². The largest absolute Gasteiger partial charge is 0.381 e. The van der Waals surface area contributed by atoms with Crippen LogP contribution in [-0.4, -0.2) is 57.9 Å². The first-order valence-corrected chi connectivity index (χ1v) is 9.08. The average molecular weight is 290 g/mol. The molecule has 2 rings (SSSR count). The topological polar surface area (TPSA) is 58.6 Å². The van der Waals surface area contributed by atoms with Gasteiger partial charge in [-0.2, -0.15) is 0 Å². The van der Waals surface area contributed by atoms with Crippen LogP contribution in [0.1, 0.15) is 26.2 Å². The van der Waals surface area contributed by atoms with E-state index in [0.717, 1.165) is 39.0 Å². The van der Waals surface area contributed by atoms with E-state index >= 15 is 0 Å². The fourth-order valence-electron chi connectivity index (χ4n) is 2.96. The number of piperidine rings is 1. The fraction of sp³-hybridized carbons (Fsp3) is 1.00. The maximum Gasteiger partial charge on any atom is 0.211 e. The molecule has 1 N–H and O–H groups in total. The molecular weight excluding hydrogens is 264 g/mol. The zero-order valence-corrected chi connectivity index (χ0v) is 12.8. The lowest BCUT2D eigenvalue weighted by molar-refractivity contribution is 0.176. The van der Waals surface area contributed by atoms with Crippen LogP contribution in [0.5, 0.6) is 0 Å². The van der Waals surface area contributed by atoms with Gasteiger partial charge in [0, 0.05) is 25.7 Å². The van der Waals surface area contributed by atoms with Crippen LogP contribution in [0, 0.1) is 11.8 Å². The van der Waals surface area contributed by atoms with E-state index in [2.05, 4.69) is 12.2 Å². The highest BCUT2D eigenvalue weighted by molar-refractivity contribution is 7.88. The Kier molecular flexibility index (Phi) is 5.22. The molecule has 2 saturated heterocycles. The van der Waals surface area contributed by atoms with Gasteiger partial charge in [0.25, 0.3) is 0 Å². The number of nitrogens with zero attached hydrogens (tertiary/aromatic N) is 1. The molecule has 0 spiro atoms. The second-order valence-electron chi connectivity index (χ2n) is 5.95. The molecule has 0 aromatic carbocycles. The van der Waals surface area contributed by atoms with Gasteiger partial charge in [-0.25, -0.2) is 12.7 Å². The predicted molar refractivity (Wildman–Crippen MR) is 75.5 cm³/mol. The van der Waals surface area contributed by atoms with E-state index < -0.39 is 10.0 Å². The van der Waals surface area contributed by atoms with E-state index in [1.807, 2.05) is 0 Å². The molecule has 0 aromatic heterocycles. The molecule has 0 radical (unpaired) electrons. The number of rotatable bonds is 5. The first-order chi connectivity index (χ1) is 8.97. The summed E-state index contributed by atoms with van der Waals surface area (Å²) in [6, 6.07) is 0.455. The third kappa shape index (κ3) is 4.41. The van der Waals surface area contributed by atoms with E-state index in [-0.39, 0.29) is 0 Å². The molecule has 0 amide bonds. The van der Waals surface area contributed by atoms with Gasteiger partial charge in [0.15, 0.2) is 0 Å². The van der Waals surface area contributed by atoms with Gasteiger partial charge in [0.2, 0.25) is 10.0 Å². The Labute approximate surface area is 116 Å². The zero-order chi connectivity index (χ0) is 13.9. The highest BCUT2D eigenvalue weighted by Crippen LogP contribution is 2.20. The van der Waals surface area contributed by atoms with Crippen molar-refractivity contribution in [3.63, 3.8) is 0 Å². The highest BCUT2D eigenvalue weighted by Gasteiger charge is 2.27. The van der Waals surface area contributed by atoms with Gasteiger partial charge < -0.3 is 10.1 Å². The van der Waals surface area contributed by atoms with Crippen LogP contribution < -0.4 is 5.32 Å². The summed E-state index contributed by atoms with van der Waals surface area (Å²) in [5, 5.41) is 3.56. The molecule has 2 fully saturated rings. The Morgan fingerprint density at radius 3 is 2.84 bits per heavy atom. The normalized spacial score (nSPS) is 31.5. The summed E-state index contributed by atoms with van der Waals surface area (Å²) in [4.78, 5) is 0. The minimum atomic E-state index is -3.03. The molecule has 112 valence electrons. The summed E-state index contributed by atoms with van der Waals surface area (Å²) >= 11 is 0. The maximum atomic E-state index is 11.6. The molecule has 0 aromatic rings. The summed E-state index contributed by atoms with van der Waals surface area (Å²) < 4.78 is 30.2. The van der Waals surface area contributed by atoms with Gasteiger partial charge in [-0.3, -0.25) is 0 Å². The lowest BCUT2D eigenvalue weighted by Crippen LogP contribution is -2.44. The lowest BCUT2D eigenvalue weighted by Gasteiger charge is -2.32. The summed E-state index contributed by atoms with van der Waals surface area (Å²) in [6.45, 7) is 6.19. The van der Waals surface area contributed by atoms with Crippen molar-refractivity contribution in [2.45, 2.75) is 32.2 Å². The van der Waals surface area contributed by atoms with Gasteiger partial charge in [0.1, 0.15) is 0 Å². The molecule has 2 heterocycles. The third-order valence-electron chi connectivity index (χ3n) is 4.35. The van der Waals surface area contributed by atoms with Crippen LogP contribution in [0.4, 0.5) is 0 Å². The highest BCUT2D eigenvalue weighted by atomic mass is 32.2. The molecule has 0 aliphatic carbocycles. The van der Waals surface area contributed by atoms with Crippen molar-refractivity contribution in [1.29, 1.82) is 0 Å². The molecule has 0 bridgehead atoms. The number of ether oxygens (including phenoxy) is 1. The van der Waals surface area contributed by atoms with Crippen molar-refractivity contribution >= 4 is 10.0 Å². The quantitative estimate of drug-likeness (QED) is 0.808. The zero-order valence-electron chi connectivity index (χ0n) is 12.0. The molecule has 3 unspecified atom stereocenters. The van der Waals surface area contributed by atoms with Crippen molar-refractivity contribution in [3.8, 4) is 0 Å². The van der Waals surface area contributed by atoms with Gasteiger partial charge in [-0.15, -0.1) is 0 Å². The molecule has 0 saturated carbocycles. The van der Waals surface area contributed by atoms with Crippen molar-refractivity contribution in [3.05, 3.63) is 0 Å². The van der Waals surface area contributed by atoms with E-state index in [0.29, 0.717) is 31.0 Å². The van der Waals surface area contributed by atoms with Crippen LogP contribution in [0.2, 0.25) is 0 Å². The van der Waals surface area contributed by atoms with E-state index in [1.165, 1.54) is 6.26 Å². The van der Waals surface area contributed by atoms with Crippen LogP contribution in [0.3, 0.4) is 0 Å². The van der Waals surface area contributed by atoms with Crippen molar-refractivity contribution in [1.82, 2.24) is 9.62 Å². The van der Waals surface area contributed by atoms with E-state index in [4.69, 9.17) is 4.74 Å². The Hall–Kier alpha value is -0.170. The molecule has 2 aliphatic heterocycles. The second-order valence-corrected chi connectivity index (χ2v) is 7.93. The Morgan fingerprint density at radius 1 is 1.42 bits per heavy atom. The number of hydrogen-bond acceptors (Lipinski definition) is 4. The molecule has 5 nitrogen and oxygen atoms in total. The standard InChI is InChI=1S/C13H26N2O3S/c1-11(13-5-7-18-10-13)14-8-12-4-3-6-15(9-12)19(2,16)17/h11-14H,3-10H2,1-2H3. The average Bonchev–Trinajstić information content (AvgIpc) is 2.89. The van der Waals surface area contributed by atoms with Crippen molar-refractivity contribution in [2.24, 2.45) is 11.8 Å². The summed E-state index contributed by atoms with van der Waals surface area (Å²) in [6.07, 6.45) is 4.53. The summed E-state index contributed by atoms with van der Waals surface area (Å²) in [7, 11) is -3.03. The fourth-order valence-corrected chi connectivity index (χ4v) is 3.90. The lowest BCUT2D eigenvalue weighted by atomic mass is 9.97. The minimum Gasteiger partial charge on any atom is -0.381 e.